The fourth-order valence-corrected chi connectivity index (χ4v) is 4.65. The van der Waals surface area contributed by atoms with Gasteiger partial charge in [0, 0.05) is 21.4 Å². The quantitative estimate of drug-likeness (QED) is 0.350. The number of hydrogen-bond donors (Lipinski definition) is 3. The maximum absolute atomic E-state index is 13.1. The highest BCUT2D eigenvalue weighted by molar-refractivity contribution is 9.10. The monoisotopic (exact) mass is 509 g/mol. The maximum Gasteiger partial charge on any atom is 0.325 e. The van der Waals surface area contributed by atoms with Crippen LogP contribution in [0, 0.1) is 0 Å². The van der Waals surface area contributed by atoms with Gasteiger partial charge in [0.15, 0.2) is 11.5 Å². The van der Waals surface area contributed by atoms with Gasteiger partial charge in [-0.15, -0.1) is 0 Å². The van der Waals surface area contributed by atoms with E-state index in [0.717, 1.165) is 27.9 Å². The van der Waals surface area contributed by atoms with Gasteiger partial charge in [-0.25, -0.2) is 0 Å². The number of benzene rings is 2. The molecule has 4 rings (SSSR count). The third-order valence-corrected chi connectivity index (χ3v) is 6.56. The van der Waals surface area contributed by atoms with Crippen LogP contribution in [0.15, 0.2) is 44.8 Å². The number of halogens is 2. The van der Waals surface area contributed by atoms with E-state index in [4.69, 9.17) is 21.4 Å². The molecule has 0 saturated heterocycles. The Morgan fingerprint density at radius 1 is 1.37 bits per heavy atom. The molecule has 3 N–H and O–H groups in total. The van der Waals surface area contributed by atoms with Crippen molar-refractivity contribution in [3.63, 3.8) is 0 Å². The van der Waals surface area contributed by atoms with Gasteiger partial charge in [-0.1, -0.05) is 46.2 Å². The number of thioether (sulfide) groups is 1. The molecule has 10 heteroatoms. The second kappa shape index (κ2) is 8.49. The van der Waals surface area contributed by atoms with Crippen LogP contribution in [0.4, 0.5) is 5.69 Å². The number of rotatable bonds is 5. The Kier molecular flexibility index (Phi) is 5.95. The van der Waals surface area contributed by atoms with Crippen molar-refractivity contribution >= 4 is 45.0 Å². The first-order valence-electron chi connectivity index (χ1n) is 9.24. The number of methoxy groups -OCH3 is 1. The molecule has 0 unspecified atom stereocenters. The third kappa shape index (κ3) is 3.77. The molecule has 0 saturated carbocycles. The lowest BCUT2D eigenvalue weighted by Gasteiger charge is -2.23. The van der Waals surface area contributed by atoms with E-state index in [0.29, 0.717) is 21.4 Å². The van der Waals surface area contributed by atoms with Crippen LogP contribution in [0.25, 0.3) is 11.3 Å². The highest BCUT2D eigenvalue weighted by Gasteiger charge is 2.39. The number of hydrogen-bond acceptors (Lipinski definition) is 6. The summed E-state index contributed by atoms with van der Waals surface area (Å²) < 4.78 is 7.75. The Labute approximate surface area is 190 Å². The molecule has 2 aromatic carbocycles. The number of phenolic OH excluding ortho intramolecular Hbond substituents is 1. The fraction of sp³-hybridized carbons (Fsp3) is 0.250. The van der Waals surface area contributed by atoms with Crippen molar-refractivity contribution in [2.45, 2.75) is 24.7 Å². The summed E-state index contributed by atoms with van der Waals surface area (Å²) in [6.45, 7) is 2.07. The molecule has 1 aliphatic heterocycles. The third-order valence-electron chi connectivity index (χ3n) is 4.67. The minimum Gasteiger partial charge on any atom is -0.504 e. The van der Waals surface area contributed by atoms with Gasteiger partial charge in [0.1, 0.15) is 0 Å². The van der Waals surface area contributed by atoms with Crippen LogP contribution >= 0.6 is 39.3 Å². The molecule has 2 heterocycles. The second-order valence-electron chi connectivity index (χ2n) is 6.68. The van der Waals surface area contributed by atoms with Gasteiger partial charge in [0.05, 0.1) is 28.9 Å². The summed E-state index contributed by atoms with van der Waals surface area (Å²) in [4.78, 5) is 16.0. The van der Waals surface area contributed by atoms with E-state index in [2.05, 4.69) is 33.2 Å². The molecule has 0 fully saturated rings. The Morgan fingerprint density at radius 3 is 2.90 bits per heavy atom. The zero-order valence-electron chi connectivity index (χ0n) is 16.2. The zero-order chi connectivity index (χ0) is 21.4. The van der Waals surface area contributed by atoms with Crippen molar-refractivity contribution in [2.75, 3.05) is 18.2 Å². The fourth-order valence-electron chi connectivity index (χ4n) is 3.32. The first-order chi connectivity index (χ1) is 14.4. The van der Waals surface area contributed by atoms with Crippen LogP contribution in [0.2, 0.25) is 5.02 Å². The Bertz CT molecular complexity index is 1190. The van der Waals surface area contributed by atoms with Gasteiger partial charge in [0.2, 0.25) is 5.16 Å². The highest BCUT2D eigenvalue weighted by Crippen LogP contribution is 2.39. The van der Waals surface area contributed by atoms with Crippen molar-refractivity contribution in [1.82, 2.24) is 10.1 Å². The molecule has 156 valence electrons. The first-order valence-corrected chi connectivity index (χ1v) is 11.4. The van der Waals surface area contributed by atoms with Gasteiger partial charge in [-0.3, -0.25) is 9.78 Å². The van der Waals surface area contributed by atoms with E-state index in [1.54, 1.807) is 10.7 Å². The molecule has 7 nitrogen and oxygen atoms in total. The van der Waals surface area contributed by atoms with Crippen LogP contribution in [-0.4, -0.2) is 28.1 Å². The molecule has 0 aliphatic carbocycles. The van der Waals surface area contributed by atoms with Crippen molar-refractivity contribution in [2.24, 2.45) is 0 Å². The van der Waals surface area contributed by atoms with E-state index in [9.17, 15) is 9.90 Å². The number of fused-ring (bicyclic) bond motifs is 3. The number of aromatic amines is 1. The van der Waals surface area contributed by atoms with Crippen LogP contribution in [0.5, 0.6) is 11.5 Å². The van der Waals surface area contributed by atoms with E-state index in [1.165, 1.54) is 24.9 Å². The SMILES string of the molecule is CCCSc1n[n+]2c(c(=O)[nH]1)-c1cc(Br)ccc1N[C@H]2c1cc(OC)c(O)cc1Cl. The molecule has 1 atom stereocenters. The molecule has 0 radical (unpaired) electrons. The van der Waals surface area contributed by atoms with E-state index >= 15 is 0 Å². The number of ether oxygens (including phenoxy) is 1. The minimum absolute atomic E-state index is 0.0605. The normalized spacial score (nSPS) is 14.6. The smallest absolute Gasteiger partial charge is 0.325 e. The number of aromatic hydroxyl groups is 1. The summed E-state index contributed by atoms with van der Waals surface area (Å²) in [7, 11) is 1.47. The largest absolute Gasteiger partial charge is 0.504 e. The summed E-state index contributed by atoms with van der Waals surface area (Å²) in [5, 5.41) is 19.0. The Balaban J connectivity index is 1.96. The average Bonchev–Trinajstić information content (AvgIpc) is 2.72. The standard InChI is InChI=1S/C20H18BrClN4O3S/c1-3-6-30-20-24-19(28)17-12-7-10(21)4-5-14(12)23-18(26(17)25-20)11-8-16(29-2)15(27)9-13(11)22/h4-5,7-9,18H,3,6H2,1-2H3,(H2,24,25,27,28)/p+1/t18-/m1/s1. The van der Waals surface area contributed by atoms with Gasteiger partial charge in [0.25, 0.3) is 6.17 Å². The number of aromatic nitrogens is 3. The van der Waals surface area contributed by atoms with Gasteiger partial charge < -0.3 is 15.2 Å². The molecule has 30 heavy (non-hydrogen) atoms. The van der Waals surface area contributed by atoms with Crippen molar-refractivity contribution in [3.8, 4) is 22.8 Å². The summed E-state index contributed by atoms with van der Waals surface area (Å²) >= 11 is 11.4. The predicted octanol–water partition coefficient (Wildman–Crippen LogP) is 4.33. The lowest BCUT2D eigenvalue weighted by atomic mass is 10.0. The van der Waals surface area contributed by atoms with Crippen LogP contribution in [0.3, 0.4) is 0 Å². The molecule has 0 amide bonds. The molecule has 1 aliphatic rings. The number of H-pyrrole nitrogens is 1. The summed E-state index contributed by atoms with van der Waals surface area (Å²) in [5.41, 5.74) is 2.29. The zero-order valence-corrected chi connectivity index (χ0v) is 19.4. The molecular weight excluding hydrogens is 492 g/mol. The van der Waals surface area contributed by atoms with Crippen LogP contribution in [-0.2, 0) is 0 Å². The average molecular weight is 511 g/mol. The predicted molar refractivity (Wildman–Crippen MR) is 121 cm³/mol. The molecular formula is C20H19BrClN4O3S+. The number of phenols is 1. The van der Waals surface area contributed by atoms with E-state index in [1.807, 2.05) is 18.2 Å². The Hall–Kier alpha value is -2.23. The van der Waals surface area contributed by atoms with Crippen molar-refractivity contribution < 1.29 is 14.5 Å². The minimum atomic E-state index is -0.570. The van der Waals surface area contributed by atoms with E-state index < -0.39 is 6.17 Å². The summed E-state index contributed by atoms with van der Waals surface area (Å²) in [6.07, 6.45) is 0.383. The van der Waals surface area contributed by atoms with Crippen LogP contribution in [0.1, 0.15) is 25.1 Å². The topological polar surface area (TPSA) is 91.1 Å². The molecule has 3 aromatic rings. The van der Waals surface area contributed by atoms with E-state index in [-0.39, 0.29) is 17.1 Å². The Morgan fingerprint density at radius 2 is 2.17 bits per heavy atom. The lowest BCUT2D eigenvalue weighted by molar-refractivity contribution is -0.759. The summed E-state index contributed by atoms with van der Waals surface area (Å²) in [6, 6.07) is 8.73. The van der Waals surface area contributed by atoms with Gasteiger partial charge >= 0.3 is 11.3 Å². The van der Waals surface area contributed by atoms with Gasteiger partial charge in [-0.2, -0.15) is 0 Å². The number of nitrogens with one attached hydrogen (secondary N) is 2. The molecule has 0 spiro atoms. The molecule has 1 aromatic heterocycles. The van der Waals surface area contributed by atoms with Crippen molar-refractivity contribution in [1.29, 1.82) is 0 Å². The second-order valence-corrected chi connectivity index (χ2v) is 9.09. The highest BCUT2D eigenvalue weighted by atomic mass is 79.9. The van der Waals surface area contributed by atoms with Crippen LogP contribution < -0.4 is 20.3 Å². The number of nitrogens with zero attached hydrogens (tertiary/aromatic N) is 2. The first kappa shape index (κ1) is 21.0. The lowest BCUT2D eigenvalue weighted by Crippen LogP contribution is -2.55. The number of anilines is 1. The summed E-state index contributed by atoms with van der Waals surface area (Å²) in [5.74, 6) is 1.05. The molecule has 0 bridgehead atoms. The van der Waals surface area contributed by atoms with Gasteiger partial charge in [-0.05, 0) is 35.4 Å². The maximum atomic E-state index is 13.1. The van der Waals surface area contributed by atoms with Crippen molar-refractivity contribution in [3.05, 3.63) is 55.7 Å².